The quantitative estimate of drug-likeness (QED) is 0.644. The van der Waals surface area contributed by atoms with Crippen LogP contribution in [0.4, 0.5) is 0 Å². The predicted octanol–water partition coefficient (Wildman–Crippen LogP) is 2.70. The molecule has 2 atom stereocenters. The Bertz CT molecular complexity index is 224. The summed E-state index contributed by atoms with van der Waals surface area (Å²) in [5, 5.41) is 0. The third-order valence-corrected chi connectivity index (χ3v) is 4.07. The fraction of sp³-hybridized carbons (Fsp3) is 0.917. The van der Waals surface area contributed by atoms with Crippen molar-refractivity contribution >= 4 is 5.78 Å². The van der Waals surface area contributed by atoms with Gasteiger partial charge < -0.3 is 4.74 Å². The maximum absolute atomic E-state index is 12.1. The minimum absolute atomic E-state index is 0.0781. The maximum atomic E-state index is 12.1. The predicted molar refractivity (Wildman–Crippen MR) is 55.2 cm³/mol. The lowest BCUT2D eigenvalue weighted by atomic mass is 9.76. The van der Waals surface area contributed by atoms with Gasteiger partial charge in [0.15, 0.2) is 0 Å². The van der Waals surface area contributed by atoms with Crippen molar-refractivity contribution in [3.05, 3.63) is 0 Å². The molecule has 2 rings (SSSR count). The van der Waals surface area contributed by atoms with E-state index in [9.17, 15) is 4.79 Å². The largest absolute Gasteiger partial charge is 0.380 e. The van der Waals surface area contributed by atoms with Gasteiger partial charge in [0.25, 0.3) is 0 Å². The van der Waals surface area contributed by atoms with Gasteiger partial charge >= 0.3 is 0 Å². The first-order valence-corrected chi connectivity index (χ1v) is 5.86. The van der Waals surface area contributed by atoms with Crippen molar-refractivity contribution in [3.8, 4) is 0 Å². The molecule has 0 saturated heterocycles. The fourth-order valence-electron chi connectivity index (χ4n) is 3.28. The molecule has 0 unspecified atom stereocenters. The van der Waals surface area contributed by atoms with Crippen LogP contribution in [0.15, 0.2) is 0 Å². The number of Topliss-reactive ketones (excluding diaryl/α,β-unsaturated/α-hetero) is 1. The monoisotopic (exact) mass is 196 g/mol. The summed E-state index contributed by atoms with van der Waals surface area (Å²) >= 11 is 0. The van der Waals surface area contributed by atoms with Gasteiger partial charge in [-0.3, -0.25) is 4.79 Å². The molecule has 80 valence electrons. The lowest BCUT2D eigenvalue weighted by molar-refractivity contribution is -0.135. The standard InChI is InChI=1S/C12H20O2/c1-14-11-7-5-9-12(11)8-4-2-3-6-10(12)13/h11H,2-9H2,1H3/t11-,12-/m1/s1. The summed E-state index contributed by atoms with van der Waals surface area (Å²) in [7, 11) is 1.76. The Morgan fingerprint density at radius 1 is 1.21 bits per heavy atom. The fourth-order valence-corrected chi connectivity index (χ4v) is 3.28. The lowest BCUT2D eigenvalue weighted by Crippen LogP contribution is -2.38. The topological polar surface area (TPSA) is 26.3 Å². The molecule has 0 heterocycles. The SMILES string of the molecule is CO[C@@H]1CCC[C@@]12CCCCCC2=O. The van der Waals surface area contributed by atoms with Crippen molar-refractivity contribution in [1.82, 2.24) is 0 Å². The van der Waals surface area contributed by atoms with Crippen LogP contribution in [0.5, 0.6) is 0 Å². The molecule has 0 amide bonds. The van der Waals surface area contributed by atoms with Gasteiger partial charge in [-0.25, -0.2) is 0 Å². The number of rotatable bonds is 1. The number of hydrogen-bond acceptors (Lipinski definition) is 2. The Balaban J connectivity index is 2.20. The van der Waals surface area contributed by atoms with E-state index in [1.807, 2.05) is 0 Å². The van der Waals surface area contributed by atoms with Crippen molar-refractivity contribution in [2.24, 2.45) is 5.41 Å². The summed E-state index contributed by atoms with van der Waals surface area (Å²) in [4.78, 5) is 12.1. The molecule has 0 aromatic rings. The Morgan fingerprint density at radius 3 is 2.79 bits per heavy atom. The second-order valence-corrected chi connectivity index (χ2v) is 4.76. The van der Waals surface area contributed by atoms with Gasteiger partial charge in [0.1, 0.15) is 5.78 Å². The molecular formula is C12H20O2. The highest BCUT2D eigenvalue weighted by Crippen LogP contribution is 2.47. The number of methoxy groups -OCH3 is 1. The molecule has 2 saturated carbocycles. The van der Waals surface area contributed by atoms with E-state index in [1.54, 1.807) is 7.11 Å². The molecule has 2 fully saturated rings. The molecule has 2 nitrogen and oxygen atoms in total. The number of carbonyl (C=O) groups is 1. The van der Waals surface area contributed by atoms with Crippen molar-refractivity contribution in [2.45, 2.75) is 57.5 Å². The van der Waals surface area contributed by atoms with Gasteiger partial charge in [-0.2, -0.15) is 0 Å². The first kappa shape index (κ1) is 10.2. The highest BCUT2D eigenvalue weighted by Gasteiger charge is 2.48. The molecule has 1 spiro atoms. The van der Waals surface area contributed by atoms with Crippen LogP contribution < -0.4 is 0 Å². The zero-order chi connectivity index (χ0) is 10.0. The summed E-state index contributed by atoms with van der Waals surface area (Å²) < 4.78 is 5.51. The van der Waals surface area contributed by atoms with Crippen molar-refractivity contribution < 1.29 is 9.53 Å². The average molecular weight is 196 g/mol. The molecule has 0 aromatic carbocycles. The van der Waals surface area contributed by atoms with Gasteiger partial charge in [0.2, 0.25) is 0 Å². The van der Waals surface area contributed by atoms with Crippen LogP contribution >= 0.6 is 0 Å². The van der Waals surface area contributed by atoms with E-state index in [0.29, 0.717) is 5.78 Å². The summed E-state index contributed by atoms with van der Waals surface area (Å²) in [6.07, 6.45) is 8.95. The van der Waals surface area contributed by atoms with Crippen LogP contribution in [0.3, 0.4) is 0 Å². The third kappa shape index (κ3) is 1.50. The molecule has 0 radical (unpaired) electrons. The Hall–Kier alpha value is -0.370. The Kier molecular flexibility index (Phi) is 2.91. The minimum atomic E-state index is -0.0781. The lowest BCUT2D eigenvalue weighted by Gasteiger charge is -2.32. The van der Waals surface area contributed by atoms with Crippen molar-refractivity contribution in [2.75, 3.05) is 7.11 Å². The Labute approximate surface area is 86.0 Å². The minimum Gasteiger partial charge on any atom is -0.380 e. The first-order valence-electron chi connectivity index (χ1n) is 5.86. The third-order valence-electron chi connectivity index (χ3n) is 4.07. The van der Waals surface area contributed by atoms with Crippen molar-refractivity contribution in [3.63, 3.8) is 0 Å². The average Bonchev–Trinajstić information content (AvgIpc) is 2.51. The summed E-state index contributed by atoms with van der Waals surface area (Å²) in [6, 6.07) is 0. The highest BCUT2D eigenvalue weighted by molar-refractivity contribution is 5.86. The second-order valence-electron chi connectivity index (χ2n) is 4.76. The molecular weight excluding hydrogens is 176 g/mol. The van der Waals surface area contributed by atoms with Crippen LogP contribution in [-0.2, 0) is 9.53 Å². The smallest absolute Gasteiger partial charge is 0.141 e. The van der Waals surface area contributed by atoms with E-state index in [1.165, 1.54) is 19.3 Å². The molecule has 0 aliphatic heterocycles. The van der Waals surface area contributed by atoms with Crippen molar-refractivity contribution in [1.29, 1.82) is 0 Å². The van der Waals surface area contributed by atoms with E-state index >= 15 is 0 Å². The van der Waals surface area contributed by atoms with Gasteiger partial charge in [-0.05, 0) is 32.1 Å². The molecule has 0 N–H and O–H groups in total. The molecule has 14 heavy (non-hydrogen) atoms. The van der Waals surface area contributed by atoms with E-state index < -0.39 is 0 Å². The summed E-state index contributed by atoms with van der Waals surface area (Å²) in [5.74, 6) is 0.486. The van der Waals surface area contributed by atoms with E-state index in [-0.39, 0.29) is 11.5 Å². The van der Waals surface area contributed by atoms with Crippen LogP contribution in [0.2, 0.25) is 0 Å². The van der Waals surface area contributed by atoms with Gasteiger partial charge in [-0.1, -0.05) is 12.8 Å². The Morgan fingerprint density at radius 2 is 2.00 bits per heavy atom. The molecule has 2 aliphatic rings. The summed E-state index contributed by atoms with van der Waals surface area (Å²) in [5.41, 5.74) is -0.0781. The maximum Gasteiger partial charge on any atom is 0.141 e. The number of carbonyl (C=O) groups excluding carboxylic acids is 1. The molecule has 2 heteroatoms. The van der Waals surface area contributed by atoms with Gasteiger partial charge in [-0.15, -0.1) is 0 Å². The van der Waals surface area contributed by atoms with Crippen LogP contribution in [0, 0.1) is 5.41 Å². The number of ketones is 1. The number of hydrogen-bond donors (Lipinski definition) is 0. The van der Waals surface area contributed by atoms with Crippen LogP contribution in [0.1, 0.15) is 51.4 Å². The van der Waals surface area contributed by atoms with E-state index in [4.69, 9.17) is 4.74 Å². The number of ether oxygens (including phenoxy) is 1. The molecule has 0 bridgehead atoms. The molecule has 0 aromatic heterocycles. The van der Waals surface area contributed by atoms with Gasteiger partial charge in [0, 0.05) is 13.5 Å². The summed E-state index contributed by atoms with van der Waals surface area (Å²) in [6.45, 7) is 0. The normalized spacial score (nSPS) is 38.9. The molecule has 2 aliphatic carbocycles. The highest BCUT2D eigenvalue weighted by atomic mass is 16.5. The second kappa shape index (κ2) is 4.01. The van der Waals surface area contributed by atoms with E-state index in [2.05, 4.69) is 0 Å². The first-order chi connectivity index (χ1) is 6.79. The van der Waals surface area contributed by atoms with E-state index in [0.717, 1.165) is 32.1 Å². The van der Waals surface area contributed by atoms with Gasteiger partial charge in [0.05, 0.1) is 11.5 Å². The zero-order valence-electron chi connectivity index (χ0n) is 9.05. The van der Waals surface area contributed by atoms with Crippen LogP contribution in [0.25, 0.3) is 0 Å². The zero-order valence-corrected chi connectivity index (χ0v) is 9.05. The van der Waals surface area contributed by atoms with Crippen LogP contribution in [-0.4, -0.2) is 19.0 Å².